The molecular weight excluding hydrogens is 302 g/mol. The lowest BCUT2D eigenvalue weighted by molar-refractivity contribution is 0.440. The Balaban J connectivity index is 2.54. The minimum atomic E-state index is 0.641. The van der Waals surface area contributed by atoms with Gasteiger partial charge in [-0.2, -0.15) is 5.10 Å². The zero-order valence-corrected chi connectivity index (χ0v) is 14.2. The third-order valence-corrected chi connectivity index (χ3v) is 4.05. The quantitative estimate of drug-likeness (QED) is 0.698. The molecule has 1 rings (SSSR count). The van der Waals surface area contributed by atoms with Gasteiger partial charge in [-0.15, -0.1) is 0 Å². The highest BCUT2D eigenvalue weighted by Gasteiger charge is 2.12. The van der Waals surface area contributed by atoms with E-state index in [0.717, 1.165) is 30.4 Å². The van der Waals surface area contributed by atoms with Crippen LogP contribution < -0.4 is 5.32 Å². The maximum Gasteiger partial charge on any atom is 0.0635 e. The van der Waals surface area contributed by atoms with E-state index in [1.165, 1.54) is 31.4 Å². The largest absolute Gasteiger partial charge is 0.314 e. The maximum atomic E-state index is 4.44. The SMILES string of the molecule is CCCNC(CCC)CCc1c(Br)cnn1CCC. The van der Waals surface area contributed by atoms with Crippen molar-refractivity contribution in [3.05, 3.63) is 16.4 Å². The van der Waals surface area contributed by atoms with E-state index in [2.05, 4.69) is 51.8 Å². The predicted octanol–water partition coefficient (Wildman–Crippen LogP) is 4.16. The fraction of sp³-hybridized carbons (Fsp3) is 0.800. The first-order valence-corrected chi connectivity index (χ1v) is 8.45. The van der Waals surface area contributed by atoms with E-state index in [9.17, 15) is 0 Å². The van der Waals surface area contributed by atoms with Crippen LogP contribution >= 0.6 is 15.9 Å². The molecule has 1 N–H and O–H groups in total. The van der Waals surface area contributed by atoms with E-state index in [4.69, 9.17) is 0 Å². The molecule has 0 spiro atoms. The Kier molecular flexibility index (Phi) is 8.38. The second-order valence-corrected chi connectivity index (χ2v) is 6.00. The van der Waals surface area contributed by atoms with Crippen LogP contribution in [0.3, 0.4) is 0 Å². The first-order valence-electron chi connectivity index (χ1n) is 7.66. The summed E-state index contributed by atoms with van der Waals surface area (Å²) in [6, 6.07) is 0.641. The standard InChI is InChI=1S/C15H28BrN3/c1-4-7-13(17-10-5-2)8-9-15-14(16)12-18-19(15)11-6-3/h12-13,17H,4-11H2,1-3H3. The molecule has 0 saturated heterocycles. The van der Waals surface area contributed by atoms with Crippen LogP contribution in [0, 0.1) is 0 Å². The normalized spacial score (nSPS) is 12.8. The number of nitrogens with zero attached hydrogens (tertiary/aromatic N) is 2. The van der Waals surface area contributed by atoms with Crippen molar-refractivity contribution in [1.29, 1.82) is 0 Å². The molecule has 0 aliphatic heterocycles. The van der Waals surface area contributed by atoms with Crippen LogP contribution in [0.2, 0.25) is 0 Å². The number of halogens is 1. The molecular formula is C15H28BrN3. The summed E-state index contributed by atoms with van der Waals surface area (Å²) in [6.07, 6.45) is 9.07. The van der Waals surface area contributed by atoms with E-state index >= 15 is 0 Å². The minimum absolute atomic E-state index is 0.641. The third-order valence-electron chi connectivity index (χ3n) is 3.38. The summed E-state index contributed by atoms with van der Waals surface area (Å²) in [4.78, 5) is 0. The molecule has 1 atom stereocenters. The van der Waals surface area contributed by atoms with E-state index in [-0.39, 0.29) is 0 Å². The van der Waals surface area contributed by atoms with Gasteiger partial charge in [-0.1, -0.05) is 27.2 Å². The molecule has 0 aromatic carbocycles. The Morgan fingerprint density at radius 1 is 1.21 bits per heavy atom. The molecule has 0 saturated carbocycles. The van der Waals surface area contributed by atoms with E-state index in [1.807, 2.05) is 6.20 Å². The van der Waals surface area contributed by atoms with Gasteiger partial charge in [-0.05, 0) is 54.6 Å². The minimum Gasteiger partial charge on any atom is -0.314 e. The smallest absolute Gasteiger partial charge is 0.0635 e. The summed E-state index contributed by atoms with van der Waals surface area (Å²) in [5.41, 5.74) is 1.35. The fourth-order valence-electron chi connectivity index (χ4n) is 2.40. The zero-order valence-electron chi connectivity index (χ0n) is 12.6. The highest BCUT2D eigenvalue weighted by Crippen LogP contribution is 2.19. The molecule has 1 heterocycles. The Labute approximate surface area is 126 Å². The summed E-state index contributed by atoms with van der Waals surface area (Å²) >= 11 is 3.63. The average molecular weight is 330 g/mol. The van der Waals surface area contributed by atoms with Gasteiger partial charge in [-0.25, -0.2) is 0 Å². The summed E-state index contributed by atoms with van der Waals surface area (Å²) in [5, 5.41) is 8.10. The molecule has 0 aliphatic rings. The third kappa shape index (κ3) is 5.65. The zero-order chi connectivity index (χ0) is 14.1. The van der Waals surface area contributed by atoms with Crippen LogP contribution in [0.4, 0.5) is 0 Å². The molecule has 19 heavy (non-hydrogen) atoms. The van der Waals surface area contributed by atoms with Crippen LogP contribution in [-0.2, 0) is 13.0 Å². The monoisotopic (exact) mass is 329 g/mol. The summed E-state index contributed by atoms with van der Waals surface area (Å²) < 4.78 is 3.30. The number of nitrogens with one attached hydrogen (secondary N) is 1. The highest BCUT2D eigenvalue weighted by atomic mass is 79.9. The lowest BCUT2D eigenvalue weighted by Gasteiger charge is -2.18. The van der Waals surface area contributed by atoms with Crippen LogP contribution in [0.1, 0.15) is 58.6 Å². The second kappa shape index (κ2) is 9.54. The van der Waals surface area contributed by atoms with Crippen LogP contribution in [-0.4, -0.2) is 22.4 Å². The first kappa shape index (κ1) is 16.7. The fourth-order valence-corrected chi connectivity index (χ4v) is 2.89. The Bertz CT molecular complexity index is 349. The topological polar surface area (TPSA) is 29.9 Å². The van der Waals surface area contributed by atoms with Crippen molar-refractivity contribution >= 4 is 15.9 Å². The molecule has 0 radical (unpaired) electrons. The van der Waals surface area contributed by atoms with Gasteiger partial charge in [0.05, 0.1) is 16.4 Å². The molecule has 1 aromatic rings. The molecule has 0 aliphatic carbocycles. The molecule has 3 nitrogen and oxygen atoms in total. The molecule has 1 aromatic heterocycles. The molecule has 4 heteroatoms. The van der Waals surface area contributed by atoms with Crippen LogP contribution in [0.15, 0.2) is 10.7 Å². The number of aryl methyl sites for hydroxylation is 1. The van der Waals surface area contributed by atoms with Gasteiger partial charge in [0.2, 0.25) is 0 Å². The second-order valence-electron chi connectivity index (χ2n) is 5.14. The Morgan fingerprint density at radius 2 is 2.00 bits per heavy atom. The molecule has 0 fully saturated rings. The van der Waals surface area contributed by atoms with Gasteiger partial charge in [0.25, 0.3) is 0 Å². The number of hydrogen-bond donors (Lipinski definition) is 1. The lowest BCUT2D eigenvalue weighted by Crippen LogP contribution is -2.30. The van der Waals surface area contributed by atoms with Gasteiger partial charge in [0.15, 0.2) is 0 Å². The Hall–Kier alpha value is -0.350. The van der Waals surface area contributed by atoms with Crippen molar-refractivity contribution in [3.63, 3.8) is 0 Å². The van der Waals surface area contributed by atoms with Gasteiger partial charge >= 0.3 is 0 Å². The predicted molar refractivity (Wildman–Crippen MR) is 85.5 cm³/mol. The van der Waals surface area contributed by atoms with Gasteiger partial charge in [0.1, 0.15) is 0 Å². The average Bonchev–Trinajstić information content (AvgIpc) is 2.74. The van der Waals surface area contributed by atoms with Crippen LogP contribution in [0.5, 0.6) is 0 Å². The number of aromatic nitrogens is 2. The van der Waals surface area contributed by atoms with Crippen LogP contribution in [0.25, 0.3) is 0 Å². The van der Waals surface area contributed by atoms with Crippen molar-refractivity contribution in [2.24, 2.45) is 0 Å². The van der Waals surface area contributed by atoms with Crippen molar-refractivity contribution < 1.29 is 0 Å². The summed E-state index contributed by atoms with van der Waals surface area (Å²) in [5.74, 6) is 0. The van der Waals surface area contributed by atoms with E-state index in [0.29, 0.717) is 6.04 Å². The molecule has 110 valence electrons. The number of hydrogen-bond acceptors (Lipinski definition) is 2. The number of rotatable bonds is 10. The molecule has 0 bridgehead atoms. The summed E-state index contributed by atoms with van der Waals surface area (Å²) in [7, 11) is 0. The molecule has 1 unspecified atom stereocenters. The van der Waals surface area contributed by atoms with Crippen molar-refractivity contribution in [2.75, 3.05) is 6.54 Å². The van der Waals surface area contributed by atoms with Crippen molar-refractivity contribution in [2.45, 2.75) is 71.9 Å². The summed E-state index contributed by atoms with van der Waals surface area (Å²) in [6.45, 7) is 8.82. The van der Waals surface area contributed by atoms with E-state index in [1.54, 1.807) is 0 Å². The van der Waals surface area contributed by atoms with Gasteiger partial charge in [0, 0.05) is 12.6 Å². The molecule has 0 amide bonds. The van der Waals surface area contributed by atoms with Crippen molar-refractivity contribution in [1.82, 2.24) is 15.1 Å². The lowest BCUT2D eigenvalue weighted by atomic mass is 10.0. The Morgan fingerprint density at radius 3 is 2.63 bits per heavy atom. The van der Waals surface area contributed by atoms with Crippen molar-refractivity contribution in [3.8, 4) is 0 Å². The van der Waals surface area contributed by atoms with E-state index < -0.39 is 0 Å². The maximum absolute atomic E-state index is 4.44. The van der Waals surface area contributed by atoms with Gasteiger partial charge < -0.3 is 5.32 Å². The first-order chi connectivity index (χ1) is 9.22. The van der Waals surface area contributed by atoms with Gasteiger partial charge in [-0.3, -0.25) is 4.68 Å². The highest BCUT2D eigenvalue weighted by molar-refractivity contribution is 9.10.